The molecule has 4 rings (SSSR count). The number of nitrogens with zero attached hydrogens (tertiary/aromatic N) is 4. The van der Waals surface area contributed by atoms with Crippen molar-refractivity contribution in [1.82, 2.24) is 15.3 Å². The lowest BCUT2D eigenvalue weighted by atomic mass is 9.96. The van der Waals surface area contributed by atoms with Gasteiger partial charge in [0.15, 0.2) is 0 Å². The average Bonchev–Trinajstić information content (AvgIpc) is 3.00. The smallest absolute Gasteiger partial charge is 0.251 e. The molecular weight excluding hydrogens is 378 g/mol. The number of rotatable bonds is 5. The van der Waals surface area contributed by atoms with E-state index in [1.54, 1.807) is 0 Å². The van der Waals surface area contributed by atoms with E-state index in [1.807, 2.05) is 51.1 Å². The Morgan fingerprint density at radius 1 is 1.00 bits per heavy atom. The molecule has 1 atom stereocenters. The molecule has 7 nitrogen and oxygen atoms in total. The lowest BCUT2D eigenvalue weighted by Gasteiger charge is -2.32. The van der Waals surface area contributed by atoms with E-state index in [9.17, 15) is 9.59 Å². The first-order chi connectivity index (χ1) is 14.4. The molecule has 0 spiro atoms. The lowest BCUT2D eigenvalue weighted by molar-refractivity contribution is -0.121. The normalized spacial score (nSPS) is 20.3. The molecule has 2 amide bonds. The molecule has 30 heavy (non-hydrogen) atoms. The van der Waals surface area contributed by atoms with Crippen molar-refractivity contribution in [3.8, 4) is 0 Å². The van der Waals surface area contributed by atoms with Gasteiger partial charge in [-0.2, -0.15) is 0 Å². The van der Waals surface area contributed by atoms with Gasteiger partial charge < -0.3 is 10.2 Å². The van der Waals surface area contributed by atoms with Crippen LogP contribution in [0, 0.1) is 26.7 Å². The lowest BCUT2D eigenvalue weighted by Crippen LogP contribution is -2.43. The molecule has 1 aromatic carbocycles. The van der Waals surface area contributed by atoms with Gasteiger partial charge in [0, 0.05) is 24.5 Å². The third kappa shape index (κ3) is 4.36. The quantitative estimate of drug-likeness (QED) is 0.768. The van der Waals surface area contributed by atoms with Crippen LogP contribution in [-0.2, 0) is 9.59 Å². The number of aryl methyl sites for hydroxylation is 3. The summed E-state index contributed by atoms with van der Waals surface area (Å²) in [7, 11) is 0. The maximum absolute atomic E-state index is 12.8. The van der Waals surface area contributed by atoms with Crippen molar-refractivity contribution in [2.75, 3.05) is 29.4 Å². The van der Waals surface area contributed by atoms with Crippen LogP contribution in [0.2, 0.25) is 0 Å². The largest absolute Gasteiger partial charge is 0.341 e. The van der Waals surface area contributed by atoms with Crippen LogP contribution in [0.5, 0.6) is 0 Å². The van der Waals surface area contributed by atoms with E-state index in [-0.39, 0.29) is 18.2 Å². The summed E-state index contributed by atoms with van der Waals surface area (Å²) in [5, 5.41) is 3.35. The van der Waals surface area contributed by atoms with Crippen molar-refractivity contribution in [2.45, 2.75) is 46.1 Å². The van der Waals surface area contributed by atoms with Crippen LogP contribution < -0.4 is 15.1 Å². The molecule has 2 saturated heterocycles. The molecule has 2 fully saturated rings. The van der Waals surface area contributed by atoms with Gasteiger partial charge in [-0.1, -0.05) is 17.7 Å². The Labute approximate surface area is 177 Å². The number of amides is 2. The molecule has 0 unspecified atom stereocenters. The van der Waals surface area contributed by atoms with Gasteiger partial charge in [-0.3, -0.25) is 9.59 Å². The van der Waals surface area contributed by atoms with Crippen molar-refractivity contribution in [3.63, 3.8) is 0 Å². The van der Waals surface area contributed by atoms with Gasteiger partial charge in [-0.15, -0.1) is 0 Å². The van der Waals surface area contributed by atoms with E-state index in [0.29, 0.717) is 11.6 Å². The van der Waals surface area contributed by atoms with Gasteiger partial charge in [0.1, 0.15) is 0 Å². The van der Waals surface area contributed by atoms with Crippen molar-refractivity contribution in [2.24, 2.45) is 5.92 Å². The summed E-state index contributed by atoms with van der Waals surface area (Å²) >= 11 is 0. The Kier molecular flexibility index (Phi) is 5.81. The Bertz CT molecular complexity index is 915. The highest BCUT2D eigenvalue weighted by Gasteiger charge is 2.39. The summed E-state index contributed by atoms with van der Waals surface area (Å²) in [5.74, 6) is 1.00. The second kappa shape index (κ2) is 8.52. The molecule has 2 aromatic rings. The molecule has 3 heterocycles. The number of imide groups is 1. The van der Waals surface area contributed by atoms with E-state index in [2.05, 4.69) is 20.2 Å². The maximum atomic E-state index is 12.8. The second-order valence-corrected chi connectivity index (χ2v) is 8.45. The molecule has 1 N–H and O–H groups in total. The topological polar surface area (TPSA) is 78.4 Å². The number of aromatic nitrogens is 2. The predicted octanol–water partition coefficient (Wildman–Crippen LogP) is 2.54. The summed E-state index contributed by atoms with van der Waals surface area (Å²) in [6.45, 7) is 8.53. The number of nitrogens with one attached hydrogen (secondary N) is 1. The SMILES string of the molecule is Cc1ccc(N2C(=O)C[C@@H](NCC3CCN(c4nc(C)cc(C)n4)CC3)C2=O)cc1. The highest BCUT2D eigenvalue weighted by molar-refractivity contribution is 6.22. The maximum Gasteiger partial charge on any atom is 0.251 e. The van der Waals surface area contributed by atoms with E-state index in [0.717, 1.165) is 55.4 Å². The molecule has 2 aliphatic rings. The molecule has 0 aliphatic carbocycles. The Morgan fingerprint density at radius 3 is 2.27 bits per heavy atom. The fraction of sp³-hybridized carbons (Fsp3) is 0.478. The minimum Gasteiger partial charge on any atom is -0.341 e. The van der Waals surface area contributed by atoms with Gasteiger partial charge >= 0.3 is 0 Å². The zero-order chi connectivity index (χ0) is 21.3. The summed E-state index contributed by atoms with van der Waals surface area (Å²) in [5.41, 5.74) is 3.74. The zero-order valence-electron chi connectivity index (χ0n) is 17.9. The fourth-order valence-electron chi connectivity index (χ4n) is 4.25. The van der Waals surface area contributed by atoms with Gasteiger partial charge in [0.05, 0.1) is 18.2 Å². The van der Waals surface area contributed by atoms with Crippen LogP contribution in [0.3, 0.4) is 0 Å². The molecule has 2 aliphatic heterocycles. The van der Waals surface area contributed by atoms with Gasteiger partial charge in [0.2, 0.25) is 11.9 Å². The summed E-state index contributed by atoms with van der Waals surface area (Å²) in [6.07, 6.45) is 2.25. The fourth-order valence-corrected chi connectivity index (χ4v) is 4.25. The van der Waals surface area contributed by atoms with E-state index >= 15 is 0 Å². The zero-order valence-corrected chi connectivity index (χ0v) is 17.9. The van der Waals surface area contributed by atoms with Crippen LogP contribution in [0.1, 0.15) is 36.2 Å². The number of carbonyl (C=O) groups excluding carboxylic acids is 2. The summed E-state index contributed by atoms with van der Waals surface area (Å²) in [6, 6.07) is 9.06. The minimum absolute atomic E-state index is 0.136. The van der Waals surface area contributed by atoms with Crippen molar-refractivity contribution in [3.05, 3.63) is 47.3 Å². The Hall–Kier alpha value is -2.80. The number of anilines is 2. The molecular formula is C23H29N5O2. The number of benzene rings is 1. The average molecular weight is 408 g/mol. The number of hydrogen-bond acceptors (Lipinski definition) is 6. The Morgan fingerprint density at radius 2 is 1.63 bits per heavy atom. The van der Waals surface area contributed by atoms with Gasteiger partial charge in [-0.25, -0.2) is 14.9 Å². The van der Waals surface area contributed by atoms with Gasteiger partial charge in [-0.05, 0) is 64.3 Å². The van der Waals surface area contributed by atoms with Crippen LogP contribution >= 0.6 is 0 Å². The standard InChI is InChI=1S/C23H29N5O2/c1-15-4-6-19(7-5-15)28-21(29)13-20(22(28)30)24-14-18-8-10-27(11-9-18)23-25-16(2)12-17(3)26-23/h4-7,12,18,20,24H,8-11,13-14H2,1-3H3/t20-/m1/s1. The molecule has 158 valence electrons. The van der Waals surface area contributed by atoms with Gasteiger partial charge in [0.25, 0.3) is 5.91 Å². The third-order valence-corrected chi connectivity index (χ3v) is 5.96. The summed E-state index contributed by atoms with van der Waals surface area (Å²) < 4.78 is 0. The molecule has 0 bridgehead atoms. The number of carbonyl (C=O) groups is 2. The highest BCUT2D eigenvalue weighted by Crippen LogP contribution is 2.25. The first kappa shape index (κ1) is 20.5. The summed E-state index contributed by atoms with van der Waals surface area (Å²) in [4.78, 5) is 37.9. The van der Waals surface area contributed by atoms with E-state index < -0.39 is 6.04 Å². The van der Waals surface area contributed by atoms with Crippen LogP contribution in [0.4, 0.5) is 11.6 Å². The second-order valence-electron chi connectivity index (χ2n) is 8.45. The van der Waals surface area contributed by atoms with Crippen LogP contribution in [0.25, 0.3) is 0 Å². The van der Waals surface area contributed by atoms with Crippen molar-refractivity contribution < 1.29 is 9.59 Å². The first-order valence-electron chi connectivity index (χ1n) is 10.6. The highest BCUT2D eigenvalue weighted by atomic mass is 16.2. The first-order valence-corrected chi connectivity index (χ1v) is 10.6. The van der Waals surface area contributed by atoms with E-state index in [1.165, 1.54) is 4.90 Å². The molecule has 1 aromatic heterocycles. The third-order valence-electron chi connectivity index (χ3n) is 5.96. The number of hydrogen-bond donors (Lipinski definition) is 1. The van der Waals surface area contributed by atoms with Crippen LogP contribution in [-0.4, -0.2) is 47.5 Å². The number of piperidine rings is 1. The van der Waals surface area contributed by atoms with Crippen molar-refractivity contribution >= 4 is 23.5 Å². The monoisotopic (exact) mass is 407 g/mol. The van der Waals surface area contributed by atoms with Crippen molar-refractivity contribution in [1.29, 1.82) is 0 Å². The molecule has 7 heteroatoms. The Balaban J connectivity index is 1.30. The van der Waals surface area contributed by atoms with Crippen LogP contribution in [0.15, 0.2) is 30.3 Å². The minimum atomic E-state index is -0.431. The molecule has 0 saturated carbocycles. The van der Waals surface area contributed by atoms with E-state index in [4.69, 9.17) is 0 Å². The molecule has 0 radical (unpaired) electrons. The predicted molar refractivity (Wildman–Crippen MR) is 117 cm³/mol.